The second kappa shape index (κ2) is 5.34. The third-order valence-electron chi connectivity index (χ3n) is 1.66. The summed E-state index contributed by atoms with van der Waals surface area (Å²) in [5.74, 6) is -1.31. The minimum absolute atomic E-state index is 0.00546. The van der Waals surface area contributed by atoms with E-state index in [0.717, 1.165) is 12.1 Å². The van der Waals surface area contributed by atoms with Crippen molar-refractivity contribution in [3.63, 3.8) is 0 Å². The van der Waals surface area contributed by atoms with E-state index in [1.54, 1.807) is 0 Å². The molecule has 0 aliphatic carbocycles. The van der Waals surface area contributed by atoms with E-state index >= 15 is 0 Å². The van der Waals surface area contributed by atoms with Crippen molar-refractivity contribution < 1.29 is 8.78 Å². The molecule has 0 radical (unpaired) electrons. The molecule has 0 heterocycles. The zero-order chi connectivity index (χ0) is 12.1. The van der Waals surface area contributed by atoms with Crippen LogP contribution in [0.1, 0.15) is 13.8 Å². The first-order chi connectivity index (χ1) is 7.49. The van der Waals surface area contributed by atoms with Crippen molar-refractivity contribution >= 4 is 17.7 Å². The van der Waals surface area contributed by atoms with Crippen molar-refractivity contribution in [2.75, 3.05) is 0 Å². The first kappa shape index (κ1) is 12.3. The van der Waals surface area contributed by atoms with Gasteiger partial charge >= 0.3 is 0 Å². The summed E-state index contributed by atoms with van der Waals surface area (Å²) >= 11 is 0. The van der Waals surface area contributed by atoms with Gasteiger partial charge in [-0.25, -0.2) is 13.8 Å². The maximum absolute atomic E-state index is 13.2. The van der Waals surface area contributed by atoms with E-state index in [4.69, 9.17) is 5.73 Å². The van der Waals surface area contributed by atoms with Crippen molar-refractivity contribution in [1.82, 2.24) is 0 Å². The molecule has 1 aromatic rings. The molecule has 86 valence electrons. The third-order valence-corrected chi connectivity index (χ3v) is 1.66. The molecule has 0 spiro atoms. The highest BCUT2D eigenvalue weighted by molar-refractivity contribution is 6.29. The molecule has 0 aliphatic heterocycles. The Hall–Kier alpha value is -1.78. The number of aliphatic imine (C=N–C) groups is 2. The van der Waals surface area contributed by atoms with E-state index in [1.807, 2.05) is 13.8 Å². The molecule has 5 heteroatoms. The van der Waals surface area contributed by atoms with Crippen LogP contribution >= 0.6 is 0 Å². The monoisotopic (exact) mass is 225 g/mol. The fraction of sp³-hybridized carbons (Fsp3) is 0.273. The molecule has 1 rings (SSSR count). The maximum Gasteiger partial charge on any atom is 0.151 e. The standard InChI is InChI=1S/C11H13F2N3/c1-7(2)15-6-11(14)16-10-4-3-8(12)5-9(10)13/h3-7H,1-2H3,(H2,14,16). The van der Waals surface area contributed by atoms with Gasteiger partial charge in [0.15, 0.2) is 5.82 Å². The zero-order valence-corrected chi connectivity index (χ0v) is 9.11. The van der Waals surface area contributed by atoms with E-state index < -0.39 is 11.6 Å². The number of hydrogen-bond acceptors (Lipinski definition) is 2. The molecule has 0 saturated heterocycles. The fourth-order valence-electron chi connectivity index (χ4n) is 0.965. The number of halogens is 2. The van der Waals surface area contributed by atoms with Gasteiger partial charge < -0.3 is 5.73 Å². The molecule has 3 nitrogen and oxygen atoms in total. The summed E-state index contributed by atoms with van der Waals surface area (Å²) in [5, 5.41) is 0. The Morgan fingerprint density at radius 2 is 2.06 bits per heavy atom. The predicted octanol–water partition coefficient (Wildman–Crippen LogP) is 2.43. The van der Waals surface area contributed by atoms with Crippen LogP contribution in [0, 0.1) is 11.6 Å². The lowest BCUT2D eigenvalue weighted by Crippen LogP contribution is -2.13. The topological polar surface area (TPSA) is 50.7 Å². The Kier molecular flexibility index (Phi) is 4.10. The molecular formula is C11H13F2N3. The van der Waals surface area contributed by atoms with E-state index in [0.29, 0.717) is 0 Å². The fourth-order valence-corrected chi connectivity index (χ4v) is 0.965. The first-order valence-electron chi connectivity index (χ1n) is 4.81. The van der Waals surface area contributed by atoms with Crippen LogP contribution in [0.4, 0.5) is 14.5 Å². The molecular weight excluding hydrogens is 212 g/mol. The van der Waals surface area contributed by atoms with Crippen molar-refractivity contribution in [2.24, 2.45) is 15.7 Å². The number of benzene rings is 1. The molecule has 16 heavy (non-hydrogen) atoms. The largest absolute Gasteiger partial charge is 0.382 e. The normalized spacial score (nSPS) is 12.7. The summed E-state index contributed by atoms with van der Waals surface area (Å²) in [6.45, 7) is 3.75. The summed E-state index contributed by atoms with van der Waals surface area (Å²) in [7, 11) is 0. The number of nitrogens with two attached hydrogens (primary N) is 1. The lowest BCUT2D eigenvalue weighted by molar-refractivity contribution is 0.585. The molecule has 0 aromatic heterocycles. The Labute approximate surface area is 92.7 Å². The summed E-state index contributed by atoms with van der Waals surface area (Å²) in [4.78, 5) is 7.77. The SMILES string of the molecule is CC(C)N=CC(N)=Nc1ccc(F)cc1F. The van der Waals surface area contributed by atoms with Gasteiger partial charge in [-0.3, -0.25) is 4.99 Å². The van der Waals surface area contributed by atoms with Gasteiger partial charge in [-0.15, -0.1) is 0 Å². The van der Waals surface area contributed by atoms with E-state index in [9.17, 15) is 8.78 Å². The van der Waals surface area contributed by atoms with Crippen LogP contribution in [-0.2, 0) is 0 Å². The van der Waals surface area contributed by atoms with Crippen LogP contribution < -0.4 is 5.73 Å². The van der Waals surface area contributed by atoms with Gasteiger partial charge in [-0.05, 0) is 26.0 Å². The van der Waals surface area contributed by atoms with Crippen molar-refractivity contribution in [1.29, 1.82) is 0 Å². The maximum atomic E-state index is 13.2. The predicted molar refractivity (Wildman–Crippen MR) is 61.3 cm³/mol. The van der Waals surface area contributed by atoms with E-state index in [2.05, 4.69) is 9.98 Å². The molecule has 0 amide bonds. The second-order valence-corrected chi connectivity index (χ2v) is 3.50. The highest BCUT2D eigenvalue weighted by Crippen LogP contribution is 2.17. The molecule has 0 saturated carbocycles. The minimum atomic E-state index is -0.749. The van der Waals surface area contributed by atoms with Crippen LogP contribution in [0.15, 0.2) is 28.2 Å². The highest BCUT2D eigenvalue weighted by atomic mass is 19.1. The van der Waals surface area contributed by atoms with E-state index in [1.165, 1.54) is 12.3 Å². The quantitative estimate of drug-likeness (QED) is 0.623. The van der Waals surface area contributed by atoms with Gasteiger partial charge in [0.25, 0.3) is 0 Å². The molecule has 2 N–H and O–H groups in total. The number of rotatable bonds is 3. The average molecular weight is 225 g/mol. The van der Waals surface area contributed by atoms with Gasteiger partial charge in [0.05, 0.1) is 6.21 Å². The molecule has 0 atom stereocenters. The highest BCUT2D eigenvalue weighted by Gasteiger charge is 2.02. The summed E-state index contributed by atoms with van der Waals surface area (Å²) < 4.78 is 25.8. The van der Waals surface area contributed by atoms with Gasteiger partial charge in [0.2, 0.25) is 0 Å². The smallest absolute Gasteiger partial charge is 0.151 e. The Bertz CT molecular complexity index is 425. The minimum Gasteiger partial charge on any atom is -0.382 e. The van der Waals surface area contributed by atoms with Crippen LogP contribution in [0.2, 0.25) is 0 Å². The summed E-state index contributed by atoms with van der Waals surface area (Å²) in [6.07, 6.45) is 1.35. The summed E-state index contributed by atoms with van der Waals surface area (Å²) in [5.41, 5.74) is 5.50. The molecule has 0 unspecified atom stereocenters. The Morgan fingerprint density at radius 3 is 2.62 bits per heavy atom. The van der Waals surface area contributed by atoms with Gasteiger partial charge in [-0.1, -0.05) is 0 Å². The molecule has 1 aromatic carbocycles. The van der Waals surface area contributed by atoms with Crippen molar-refractivity contribution in [3.8, 4) is 0 Å². The third kappa shape index (κ3) is 3.76. The lowest BCUT2D eigenvalue weighted by Gasteiger charge is -1.98. The first-order valence-corrected chi connectivity index (χ1v) is 4.81. The molecule has 0 fully saturated rings. The van der Waals surface area contributed by atoms with Crippen LogP contribution in [0.5, 0.6) is 0 Å². The second-order valence-electron chi connectivity index (χ2n) is 3.50. The number of hydrogen-bond donors (Lipinski definition) is 1. The van der Waals surface area contributed by atoms with Crippen molar-refractivity contribution in [3.05, 3.63) is 29.8 Å². The Morgan fingerprint density at radius 1 is 1.38 bits per heavy atom. The average Bonchev–Trinajstić information content (AvgIpc) is 2.19. The molecule has 0 aliphatic rings. The van der Waals surface area contributed by atoms with Gasteiger partial charge in [0, 0.05) is 12.1 Å². The lowest BCUT2D eigenvalue weighted by atomic mass is 10.3. The van der Waals surface area contributed by atoms with Crippen LogP contribution in [0.25, 0.3) is 0 Å². The van der Waals surface area contributed by atoms with Crippen molar-refractivity contribution in [2.45, 2.75) is 19.9 Å². The van der Waals surface area contributed by atoms with E-state index in [-0.39, 0.29) is 17.6 Å². The van der Waals surface area contributed by atoms with Crippen LogP contribution in [-0.4, -0.2) is 18.1 Å². The van der Waals surface area contributed by atoms with Gasteiger partial charge in [-0.2, -0.15) is 0 Å². The number of nitrogens with zero attached hydrogens (tertiary/aromatic N) is 2. The van der Waals surface area contributed by atoms with Crippen LogP contribution in [0.3, 0.4) is 0 Å². The summed E-state index contributed by atoms with van der Waals surface area (Å²) in [6, 6.07) is 3.19. The zero-order valence-electron chi connectivity index (χ0n) is 9.11. The van der Waals surface area contributed by atoms with Gasteiger partial charge in [0.1, 0.15) is 17.3 Å². The Balaban J connectivity index is 2.90. The number of amidine groups is 1. The molecule has 0 bridgehead atoms.